The molecule has 6 heteroatoms. The minimum Gasteiger partial charge on any atom is -0.459 e. The van der Waals surface area contributed by atoms with Crippen LogP contribution in [0.3, 0.4) is 0 Å². The number of aromatic nitrogens is 3. The molecule has 0 spiro atoms. The van der Waals surface area contributed by atoms with Gasteiger partial charge in [-0.3, -0.25) is 4.79 Å². The highest BCUT2D eigenvalue weighted by molar-refractivity contribution is 5.93. The summed E-state index contributed by atoms with van der Waals surface area (Å²) in [7, 11) is 0. The van der Waals surface area contributed by atoms with E-state index in [-0.39, 0.29) is 11.8 Å². The number of carbonyl (C=O) groups excluding carboxylic acids is 1. The van der Waals surface area contributed by atoms with Crippen molar-refractivity contribution in [3.8, 4) is 0 Å². The van der Waals surface area contributed by atoms with E-state index in [2.05, 4.69) is 15.4 Å². The minimum atomic E-state index is -0.0673. The maximum atomic E-state index is 12.5. The molecule has 0 bridgehead atoms. The summed E-state index contributed by atoms with van der Waals surface area (Å²) in [5, 5.41) is 10.7. The van der Waals surface area contributed by atoms with Crippen LogP contribution in [0.15, 0.2) is 16.7 Å². The molecule has 0 aliphatic carbocycles. The van der Waals surface area contributed by atoms with Gasteiger partial charge in [-0.2, -0.15) is 15.4 Å². The summed E-state index contributed by atoms with van der Waals surface area (Å²) in [6, 6.07) is 1.86. The van der Waals surface area contributed by atoms with Gasteiger partial charge in [0.2, 0.25) is 0 Å². The molecule has 1 aliphatic heterocycles. The molecule has 1 N–H and O–H groups in total. The molecule has 19 heavy (non-hydrogen) atoms. The Balaban J connectivity index is 1.84. The Labute approximate surface area is 110 Å². The van der Waals surface area contributed by atoms with E-state index in [1.54, 1.807) is 11.2 Å². The van der Waals surface area contributed by atoms with Crippen molar-refractivity contribution in [3.05, 3.63) is 35.0 Å². The second kappa shape index (κ2) is 4.53. The van der Waals surface area contributed by atoms with Crippen molar-refractivity contribution in [2.24, 2.45) is 0 Å². The van der Waals surface area contributed by atoms with Crippen LogP contribution < -0.4 is 0 Å². The summed E-state index contributed by atoms with van der Waals surface area (Å²) in [6.07, 6.45) is 2.31. The van der Waals surface area contributed by atoms with Gasteiger partial charge in [0.05, 0.1) is 18.5 Å². The number of carbonyl (C=O) groups is 1. The van der Waals surface area contributed by atoms with E-state index < -0.39 is 0 Å². The second-order valence-electron chi connectivity index (χ2n) is 5.05. The molecule has 1 aliphatic rings. The van der Waals surface area contributed by atoms with Gasteiger partial charge in [-0.15, -0.1) is 0 Å². The van der Waals surface area contributed by atoms with E-state index in [4.69, 9.17) is 4.42 Å². The van der Waals surface area contributed by atoms with Crippen LogP contribution >= 0.6 is 0 Å². The summed E-state index contributed by atoms with van der Waals surface area (Å²) in [5.74, 6) is 0.648. The third-order valence-electron chi connectivity index (χ3n) is 3.46. The lowest BCUT2D eigenvalue weighted by atomic mass is 10.0. The molecule has 0 radical (unpaired) electrons. The number of rotatable bonds is 2. The quantitative estimate of drug-likeness (QED) is 0.892. The van der Waals surface area contributed by atoms with Gasteiger partial charge in [0.25, 0.3) is 5.91 Å². The van der Waals surface area contributed by atoms with E-state index in [1.165, 1.54) is 0 Å². The number of nitrogens with one attached hydrogen (secondary N) is 1. The fourth-order valence-electron chi connectivity index (χ4n) is 2.37. The molecule has 2 aromatic heterocycles. The molecule has 100 valence electrons. The Kier molecular flexibility index (Phi) is 2.85. The van der Waals surface area contributed by atoms with Crippen LogP contribution in [0.5, 0.6) is 0 Å². The first-order valence-electron chi connectivity index (χ1n) is 6.42. The van der Waals surface area contributed by atoms with Crippen LogP contribution in [0.4, 0.5) is 0 Å². The van der Waals surface area contributed by atoms with E-state index in [1.807, 2.05) is 19.9 Å². The van der Waals surface area contributed by atoms with Crippen LogP contribution in [-0.4, -0.2) is 32.8 Å². The molecule has 6 nitrogen and oxygen atoms in total. The zero-order valence-corrected chi connectivity index (χ0v) is 11.0. The molecule has 0 saturated heterocycles. The van der Waals surface area contributed by atoms with Crippen molar-refractivity contribution < 1.29 is 9.21 Å². The Morgan fingerprint density at radius 3 is 3.00 bits per heavy atom. The monoisotopic (exact) mass is 260 g/mol. The summed E-state index contributed by atoms with van der Waals surface area (Å²) in [4.78, 5) is 14.3. The van der Waals surface area contributed by atoms with Crippen LogP contribution in [0.2, 0.25) is 0 Å². The highest BCUT2D eigenvalue weighted by atomic mass is 16.3. The molecule has 0 aromatic carbocycles. The lowest BCUT2D eigenvalue weighted by Gasteiger charge is -2.25. The highest BCUT2D eigenvalue weighted by Gasteiger charge is 2.28. The number of fused-ring (bicyclic) bond motifs is 1. The maximum Gasteiger partial charge on any atom is 0.290 e. The largest absolute Gasteiger partial charge is 0.459 e. The van der Waals surface area contributed by atoms with Gasteiger partial charge in [-0.25, -0.2) is 0 Å². The Morgan fingerprint density at radius 1 is 1.42 bits per heavy atom. The zero-order chi connectivity index (χ0) is 13.4. The number of hydrogen-bond donors (Lipinski definition) is 1. The van der Waals surface area contributed by atoms with E-state index >= 15 is 0 Å². The molecule has 0 saturated carbocycles. The van der Waals surface area contributed by atoms with Gasteiger partial charge >= 0.3 is 0 Å². The summed E-state index contributed by atoms with van der Waals surface area (Å²) >= 11 is 0. The van der Waals surface area contributed by atoms with Crippen LogP contribution in [0.1, 0.15) is 47.3 Å². The third kappa shape index (κ3) is 2.03. The number of aromatic amines is 1. The molecular formula is C13H16N4O2. The van der Waals surface area contributed by atoms with E-state index in [0.717, 1.165) is 23.4 Å². The second-order valence-corrected chi connectivity index (χ2v) is 5.05. The average molecular weight is 260 g/mol. The standard InChI is InChI=1S/C13H16N4O2/c1-8(2)9-4-6-19-12(9)13(18)17-5-3-10-11(7-17)15-16-14-10/h4,6,8H,3,5,7H2,1-2H3,(H,14,15,16). The summed E-state index contributed by atoms with van der Waals surface area (Å²) in [6.45, 7) is 5.24. The summed E-state index contributed by atoms with van der Waals surface area (Å²) in [5.41, 5.74) is 2.75. The van der Waals surface area contributed by atoms with E-state index in [0.29, 0.717) is 18.8 Å². The van der Waals surface area contributed by atoms with Crippen LogP contribution in [0, 0.1) is 0 Å². The topological polar surface area (TPSA) is 75.0 Å². The Hall–Kier alpha value is -2.11. The molecule has 2 aromatic rings. The normalized spacial score (nSPS) is 14.8. The zero-order valence-electron chi connectivity index (χ0n) is 11.0. The number of nitrogens with zero attached hydrogens (tertiary/aromatic N) is 3. The Morgan fingerprint density at radius 2 is 2.21 bits per heavy atom. The fraction of sp³-hybridized carbons (Fsp3) is 0.462. The van der Waals surface area contributed by atoms with Gasteiger partial charge < -0.3 is 9.32 Å². The first-order valence-corrected chi connectivity index (χ1v) is 6.42. The van der Waals surface area contributed by atoms with E-state index in [9.17, 15) is 4.79 Å². The average Bonchev–Trinajstić information content (AvgIpc) is 3.05. The third-order valence-corrected chi connectivity index (χ3v) is 3.46. The lowest BCUT2D eigenvalue weighted by molar-refractivity contribution is 0.0697. The van der Waals surface area contributed by atoms with Crippen molar-refractivity contribution in [1.29, 1.82) is 0 Å². The van der Waals surface area contributed by atoms with Crippen LogP contribution in [-0.2, 0) is 13.0 Å². The Bertz CT molecular complexity index is 599. The first-order chi connectivity index (χ1) is 9.16. The smallest absolute Gasteiger partial charge is 0.290 e. The molecule has 0 atom stereocenters. The molecule has 1 amide bonds. The van der Waals surface area contributed by atoms with Crippen molar-refractivity contribution in [2.45, 2.75) is 32.7 Å². The van der Waals surface area contributed by atoms with Crippen molar-refractivity contribution >= 4 is 5.91 Å². The number of furan rings is 1. The number of H-pyrrole nitrogens is 1. The van der Waals surface area contributed by atoms with Crippen LogP contribution in [0.25, 0.3) is 0 Å². The predicted octanol–water partition coefficient (Wildman–Crippen LogP) is 1.72. The minimum absolute atomic E-state index is 0.0673. The van der Waals surface area contributed by atoms with Crippen molar-refractivity contribution in [1.82, 2.24) is 20.3 Å². The molecule has 3 heterocycles. The SMILES string of the molecule is CC(C)c1ccoc1C(=O)N1CCc2n[nH]nc2C1. The van der Waals surface area contributed by atoms with Gasteiger partial charge in [-0.1, -0.05) is 13.8 Å². The highest BCUT2D eigenvalue weighted by Crippen LogP contribution is 2.24. The first kappa shape index (κ1) is 12.0. The van der Waals surface area contributed by atoms with Gasteiger partial charge in [-0.05, 0) is 12.0 Å². The lowest BCUT2D eigenvalue weighted by Crippen LogP contribution is -2.36. The molecular weight excluding hydrogens is 244 g/mol. The van der Waals surface area contributed by atoms with Gasteiger partial charge in [0.15, 0.2) is 5.76 Å². The summed E-state index contributed by atoms with van der Waals surface area (Å²) < 4.78 is 5.38. The molecule has 3 rings (SSSR count). The van der Waals surface area contributed by atoms with Gasteiger partial charge in [0, 0.05) is 18.5 Å². The predicted molar refractivity (Wildman–Crippen MR) is 67.6 cm³/mol. The van der Waals surface area contributed by atoms with Gasteiger partial charge in [0.1, 0.15) is 5.69 Å². The van der Waals surface area contributed by atoms with Crippen molar-refractivity contribution in [2.75, 3.05) is 6.54 Å². The molecule has 0 unspecified atom stereocenters. The maximum absolute atomic E-state index is 12.5. The van der Waals surface area contributed by atoms with Crippen molar-refractivity contribution in [3.63, 3.8) is 0 Å². The number of amides is 1. The number of hydrogen-bond acceptors (Lipinski definition) is 4. The fourth-order valence-corrected chi connectivity index (χ4v) is 2.37. The molecule has 0 fully saturated rings.